The monoisotopic (exact) mass is 281 g/mol. The molecule has 0 radical (unpaired) electrons. The van der Waals surface area contributed by atoms with Gasteiger partial charge in [0.25, 0.3) is 0 Å². The Morgan fingerprint density at radius 2 is 1.67 bits per heavy atom. The molecule has 4 heteroatoms. The maximum atomic E-state index is 10.1. The van der Waals surface area contributed by atoms with E-state index in [0.29, 0.717) is 13.0 Å². The first-order chi connectivity index (χ1) is 9.73. The van der Waals surface area contributed by atoms with Gasteiger partial charge in [0.15, 0.2) is 0 Å². The summed E-state index contributed by atoms with van der Waals surface area (Å²) in [5.74, 6) is 0. The first-order valence-electron chi connectivity index (χ1n) is 7.02. The zero-order valence-corrected chi connectivity index (χ0v) is 13.0. The molecule has 0 aliphatic heterocycles. The van der Waals surface area contributed by atoms with Crippen molar-refractivity contribution >= 4 is 23.7 Å². The van der Waals surface area contributed by atoms with Crippen LogP contribution in [0.1, 0.15) is 33.3 Å². The Hall–Kier alpha value is -1.83. The van der Waals surface area contributed by atoms with Crippen LogP contribution in [-0.2, 0) is 4.65 Å². The minimum atomic E-state index is -0.911. The van der Waals surface area contributed by atoms with Gasteiger partial charge in [0.1, 0.15) is 0 Å². The highest BCUT2D eigenvalue weighted by Gasteiger charge is 2.35. The maximum Gasteiger partial charge on any atom is 0.309 e. The van der Waals surface area contributed by atoms with Gasteiger partial charge in [-0.25, -0.2) is 0 Å². The molecule has 0 saturated heterocycles. The van der Waals surface area contributed by atoms with Gasteiger partial charge in [0.05, 0.1) is 22.8 Å². The zero-order chi connectivity index (χ0) is 15.7. The zero-order valence-electron chi connectivity index (χ0n) is 13.0. The third-order valence-electron chi connectivity index (χ3n) is 4.11. The molecule has 1 N–H and O–H groups in total. The van der Waals surface area contributed by atoms with Gasteiger partial charge in [0.2, 0.25) is 0 Å². The molecule has 0 aliphatic carbocycles. The predicted octanol–water partition coefficient (Wildman–Crippen LogP) is 2.25. The number of hydrogen-bond donors (Lipinski definition) is 1. The van der Waals surface area contributed by atoms with E-state index in [9.17, 15) is 5.11 Å². The minimum absolute atomic E-state index is 0.437. The van der Waals surface area contributed by atoms with Crippen LogP contribution in [0.3, 0.4) is 0 Å². The van der Waals surface area contributed by atoms with Crippen molar-refractivity contribution < 1.29 is 9.76 Å². The van der Waals surface area contributed by atoms with Gasteiger partial charge in [-0.3, -0.25) is 0 Å². The topological polar surface area (TPSA) is 53.2 Å². The Labute approximate surface area is 126 Å². The second-order valence-corrected chi connectivity index (χ2v) is 6.37. The Morgan fingerprint density at radius 1 is 1.05 bits per heavy atom. The fourth-order valence-electron chi connectivity index (χ4n) is 1.89. The Morgan fingerprint density at radius 3 is 2.29 bits per heavy atom. The first kappa shape index (κ1) is 15.6. The number of hydrogen-bond acceptors (Lipinski definition) is 3. The van der Waals surface area contributed by atoms with Crippen LogP contribution in [-0.4, -0.2) is 23.8 Å². The molecule has 0 fully saturated rings. The standard InChI is InChI=1S/C17H20BNO2/c1-16(2,20)17(3,4)21-18-15-8-7-13-9-12(11-19)5-6-14(13)10-15/h5-10,18,20H,1-4H3. The van der Waals surface area contributed by atoms with Crippen molar-refractivity contribution in [2.45, 2.75) is 38.9 Å². The third kappa shape index (κ3) is 3.44. The van der Waals surface area contributed by atoms with E-state index in [4.69, 9.17) is 9.92 Å². The first-order valence-corrected chi connectivity index (χ1v) is 7.02. The summed E-state index contributed by atoms with van der Waals surface area (Å²) >= 11 is 0. The number of rotatable bonds is 4. The van der Waals surface area contributed by atoms with E-state index in [2.05, 4.69) is 12.1 Å². The fourth-order valence-corrected chi connectivity index (χ4v) is 1.89. The molecule has 0 heterocycles. The molecule has 2 aromatic carbocycles. The molecular formula is C17H20BNO2. The van der Waals surface area contributed by atoms with Gasteiger partial charge >= 0.3 is 7.48 Å². The molecule has 21 heavy (non-hydrogen) atoms. The van der Waals surface area contributed by atoms with Crippen LogP contribution in [0.2, 0.25) is 0 Å². The fraction of sp³-hybridized carbons (Fsp3) is 0.353. The number of nitrogens with zero attached hydrogens (tertiary/aromatic N) is 1. The molecular weight excluding hydrogens is 261 g/mol. The second-order valence-electron chi connectivity index (χ2n) is 6.37. The van der Waals surface area contributed by atoms with E-state index in [1.807, 2.05) is 44.2 Å². The Bertz CT molecular complexity index is 696. The molecule has 108 valence electrons. The second kappa shape index (κ2) is 5.52. The average Bonchev–Trinajstić information content (AvgIpc) is 2.43. The largest absolute Gasteiger partial charge is 0.427 e. The Balaban J connectivity index is 2.19. The van der Waals surface area contributed by atoms with E-state index in [-0.39, 0.29) is 0 Å². The van der Waals surface area contributed by atoms with E-state index < -0.39 is 11.2 Å². The highest BCUT2D eigenvalue weighted by molar-refractivity contribution is 6.47. The smallest absolute Gasteiger partial charge is 0.309 e. The molecule has 2 aromatic rings. The Kier molecular flexibility index (Phi) is 4.09. The van der Waals surface area contributed by atoms with Crippen molar-refractivity contribution in [3.05, 3.63) is 42.0 Å². The minimum Gasteiger partial charge on any atom is -0.427 e. The lowest BCUT2D eigenvalue weighted by molar-refractivity contribution is -0.0893. The maximum absolute atomic E-state index is 10.1. The average molecular weight is 281 g/mol. The summed E-state index contributed by atoms with van der Waals surface area (Å²) in [6.07, 6.45) is 0. The molecule has 2 rings (SSSR count). The molecule has 0 aliphatic rings. The van der Waals surface area contributed by atoms with Crippen LogP contribution < -0.4 is 5.46 Å². The quantitative estimate of drug-likeness (QED) is 0.874. The van der Waals surface area contributed by atoms with E-state index in [1.165, 1.54) is 0 Å². The van der Waals surface area contributed by atoms with E-state index >= 15 is 0 Å². The van der Waals surface area contributed by atoms with Gasteiger partial charge in [-0.2, -0.15) is 5.26 Å². The molecule has 0 unspecified atom stereocenters. The van der Waals surface area contributed by atoms with E-state index in [1.54, 1.807) is 13.8 Å². The number of fused-ring (bicyclic) bond motifs is 1. The summed E-state index contributed by atoms with van der Waals surface area (Å²) in [6.45, 7) is 7.26. The summed E-state index contributed by atoms with van der Waals surface area (Å²) in [5, 5.41) is 21.1. The number of benzene rings is 2. The molecule has 3 nitrogen and oxygen atoms in total. The van der Waals surface area contributed by atoms with E-state index in [0.717, 1.165) is 16.2 Å². The summed E-state index contributed by atoms with van der Waals surface area (Å²) in [4.78, 5) is 0. The van der Waals surface area contributed by atoms with Crippen LogP contribution in [0.25, 0.3) is 10.8 Å². The summed E-state index contributed by atoms with van der Waals surface area (Å²) in [5.41, 5.74) is 0.164. The van der Waals surface area contributed by atoms with Gasteiger partial charge in [-0.1, -0.05) is 29.7 Å². The lowest BCUT2D eigenvalue weighted by Crippen LogP contribution is -2.49. The summed E-state index contributed by atoms with van der Waals surface area (Å²) in [7, 11) is 0.437. The molecule has 0 amide bonds. The third-order valence-corrected chi connectivity index (χ3v) is 4.11. The molecule has 0 bridgehead atoms. The lowest BCUT2D eigenvalue weighted by Gasteiger charge is -2.37. The van der Waals surface area contributed by atoms with Crippen LogP contribution in [0.5, 0.6) is 0 Å². The highest BCUT2D eigenvalue weighted by atomic mass is 16.5. The summed E-state index contributed by atoms with van der Waals surface area (Å²) in [6, 6.07) is 13.8. The number of aliphatic hydroxyl groups is 1. The van der Waals surface area contributed by atoms with Gasteiger partial charge < -0.3 is 9.76 Å². The molecule has 0 spiro atoms. The van der Waals surface area contributed by atoms with Crippen molar-refractivity contribution in [3.63, 3.8) is 0 Å². The van der Waals surface area contributed by atoms with Gasteiger partial charge in [0, 0.05) is 0 Å². The molecule has 0 saturated carbocycles. The van der Waals surface area contributed by atoms with Crippen LogP contribution in [0.15, 0.2) is 36.4 Å². The van der Waals surface area contributed by atoms with Crippen molar-refractivity contribution in [2.24, 2.45) is 0 Å². The molecule has 0 atom stereocenters. The van der Waals surface area contributed by atoms with Gasteiger partial charge in [-0.15, -0.1) is 0 Å². The summed E-state index contributed by atoms with van der Waals surface area (Å²) < 4.78 is 5.87. The SMILES string of the molecule is CC(C)(O)C(C)(C)OBc1ccc2cc(C#N)ccc2c1. The van der Waals surface area contributed by atoms with Crippen LogP contribution >= 0.6 is 0 Å². The van der Waals surface area contributed by atoms with Crippen molar-refractivity contribution in [1.82, 2.24) is 0 Å². The van der Waals surface area contributed by atoms with Crippen molar-refractivity contribution in [3.8, 4) is 6.07 Å². The van der Waals surface area contributed by atoms with Crippen LogP contribution in [0, 0.1) is 11.3 Å². The predicted molar refractivity (Wildman–Crippen MR) is 86.9 cm³/mol. The normalized spacial score (nSPS) is 12.2. The van der Waals surface area contributed by atoms with Crippen LogP contribution in [0.4, 0.5) is 0 Å². The molecule has 0 aromatic heterocycles. The van der Waals surface area contributed by atoms with Crippen molar-refractivity contribution in [1.29, 1.82) is 5.26 Å². The lowest BCUT2D eigenvalue weighted by atomic mass is 9.82. The number of nitriles is 1. The van der Waals surface area contributed by atoms with Crippen molar-refractivity contribution in [2.75, 3.05) is 0 Å². The van der Waals surface area contributed by atoms with Gasteiger partial charge in [-0.05, 0) is 50.6 Å². The highest BCUT2D eigenvalue weighted by Crippen LogP contribution is 2.24.